The summed E-state index contributed by atoms with van der Waals surface area (Å²) in [7, 11) is 3.13. The van der Waals surface area contributed by atoms with Gasteiger partial charge in [0.1, 0.15) is 12.1 Å². The number of carbonyl (C=O) groups excluding carboxylic acids is 3. The molecule has 0 aromatic heterocycles. The van der Waals surface area contributed by atoms with Gasteiger partial charge in [0.15, 0.2) is 11.5 Å². The molecule has 1 fully saturated rings. The average molecular weight is 462 g/mol. The smallest absolute Gasteiger partial charge is 0.325 e. The van der Waals surface area contributed by atoms with Crippen LogP contribution in [0.4, 0.5) is 4.79 Å². The van der Waals surface area contributed by atoms with Crippen molar-refractivity contribution in [2.45, 2.75) is 18.9 Å². The summed E-state index contributed by atoms with van der Waals surface area (Å²) >= 11 is 0. The molecule has 1 aliphatic heterocycles. The molecule has 1 saturated heterocycles. The van der Waals surface area contributed by atoms with E-state index in [-0.39, 0.29) is 6.54 Å². The van der Waals surface area contributed by atoms with Crippen molar-refractivity contribution in [3.63, 3.8) is 0 Å². The van der Waals surface area contributed by atoms with Crippen molar-refractivity contribution in [1.29, 1.82) is 0 Å². The van der Waals surface area contributed by atoms with Crippen molar-refractivity contribution in [2.24, 2.45) is 0 Å². The number of ether oxygens (including phenoxy) is 2. The number of urea groups is 1. The predicted octanol–water partition coefficient (Wildman–Crippen LogP) is 2.98. The van der Waals surface area contributed by atoms with Gasteiger partial charge in [0.2, 0.25) is 5.91 Å². The number of benzene rings is 3. The summed E-state index contributed by atoms with van der Waals surface area (Å²) in [6, 6.07) is 18.3. The van der Waals surface area contributed by atoms with E-state index in [1.807, 2.05) is 54.6 Å². The van der Waals surface area contributed by atoms with Crippen LogP contribution in [-0.2, 0) is 21.5 Å². The summed E-state index contributed by atoms with van der Waals surface area (Å²) in [6.07, 6.45) is 0.556. The molecule has 0 spiro atoms. The van der Waals surface area contributed by atoms with E-state index < -0.39 is 23.4 Å². The Hall–Kier alpha value is -4.07. The number of imide groups is 1. The van der Waals surface area contributed by atoms with E-state index in [1.165, 1.54) is 0 Å². The molecule has 0 saturated carbocycles. The Bertz CT molecular complexity index is 1250. The third-order valence-electron chi connectivity index (χ3n) is 6.09. The van der Waals surface area contributed by atoms with Crippen LogP contribution in [0.3, 0.4) is 0 Å². The molecule has 3 aromatic rings. The van der Waals surface area contributed by atoms with Crippen LogP contribution in [0.15, 0.2) is 60.7 Å². The Morgan fingerprint density at radius 2 is 1.74 bits per heavy atom. The first kappa shape index (κ1) is 23.1. The van der Waals surface area contributed by atoms with Gasteiger partial charge in [-0.15, -0.1) is 0 Å². The molecular formula is C26H27N3O5. The van der Waals surface area contributed by atoms with Gasteiger partial charge in [-0.2, -0.15) is 0 Å². The highest BCUT2D eigenvalue weighted by Crippen LogP contribution is 2.33. The van der Waals surface area contributed by atoms with Crippen molar-refractivity contribution in [2.75, 3.05) is 27.3 Å². The van der Waals surface area contributed by atoms with Gasteiger partial charge in [-0.05, 0) is 47.4 Å². The van der Waals surface area contributed by atoms with Gasteiger partial charge >= 0.3 is 6.03 Å². The molecule has 8 heteroatoms. The summed E-state index contributed by atoms with van der Waals surface area (Å²) in [5.74, 6) is 0.372. The maximum absolute atomic E-state index is 13.3. The highest BCUT2D eigenvalue weighted by Gasteiger charge is 2.50. The highest BCUT2D eigenvalue weighted by molar-refractivity contribution is 6.10. The van der Waals surface area contributed by atoms with Crippen LogP contribution in [-0.4, -0.2) is 50.1 Å². The van der Waals surface area contributed by atoms with Gasteiger partial charge in [0.05, 0.1) is 14.2 Å². The van der Waals surface area contributed by atoms with Gasteiger partial charge in [-0.3, -0.25) is 14.5 Å². The molecule has 34 heavy (non-hydrogen) atoms. The Kier molecular flexibility index (Phi) is 6.40. The lowest BCUT2D eigenvalue weighted by atomic mass is 9.88. The first-order chi connectivity index (χ1) is 16.4. The number of amides is 4. The van der Waals surface area contributed by atoms with Crippen LogP contribution in [0.5, 0.6) is 11.5 Å². The van der Waals surface area contributed by atoms with E-state index in [1.54, 1.807) is 27.2 Å². The molecule has 1 unspecified atom stereocenters. The number of nitrogens with zero attached hydrogens (tertiary/aromatic N) is 1. The number of nitrogens with one attached hydrogen (secondary N) is 2. The lowest BCUT2D eigenvalue weighted by Crippen LogP contribution is -2.43. The summed E-state index contributed by atoms with van der Waals surface area (Å²) < 4.78 is 10.5. The fraction of sp³-hybridized carbons (Fsp3) is 0.269. The molecule has 4 amide bonds. The number of hydrogen-bond donors (Lipinski definition) is 2. The van der Waals surface area contributed by atoms with Crippen LogP contribution in [0, 0.1) is 0 Å². The quantitative estimate of drug-likeness (QED) is 0.503. The van der Waals surface area contributed by atoms with Crippen LogP contribution >= 0.6 is 0 Å². The highest BCUT2D eigenvalue weighted by atomic mass is 16.5. The Balaban J connectivity index is 1.41. The van der Waals surface area contributed by atoms with Crippen molar-refractivity contribution < 1.29 is 23.9 Å². The summed E-state index contributed by atoms with van der Waals surface area (Å²) in [6.45, 7) is 1.67. The Labute approximate surface area is 197 Å². The molecule has 176 valence electrons. The molecule has 3 aromatic carbocycles. The van der Waals surface area contributed by atoms with E-state index >= 15 is 0 Å². The molecule has 0 bridgehead atoms. The number of hydrogen-bond acceptors (Lipinski definition) is 5. The molecule has 0 aliphatic carbocycles. The fourth-order valence-corrected chi connectivity index (χ4v) is 4.27. The molecule has 2 N–H and O–H groups in total. The topological polar surface area (TPSA) is 97.0 Å². The van der Waals surface area contributed by atoms with Gasteiger partial charge in [0.25, 0.3) is 5.91 Å². The van der Waals surface area contributed by atoms with Crippen molar-refractivity contribution in [1.82, 2.24) is 15.5 Å². The van der Waals surface area contributed by atoms with Crippen LogP contribution in [0.2, 0.25) is 0 Å². The van der Waals surface area contributed by atoms with Gasteiger partial charge in [0, 0.05) is 6.54 Å². The Morgan fingerprint density at radius 1 is 1.00 bits per heavy atom. The SMILES string of the molecule is COc1ccc(CCNC(=O)CN2C(=O)NC(C)(c3cccc4ccccc34)C2=O)cc1OC. The molecule has 4 rings (SSSR count). The fourth-order valence-electron chi connectivity index (χ4n) is 4.27. The van der Waals surface area contributed by atoms with Crippen LogP contribution in [0.1, 0.15) is 18.1 Å². The van der Waals surface area contributed by atoms with Crippen LogP contribution < -0.4 is 20.1 Å². The zero-order chi connectivity index (χ0) is 24.3. The second-order valence-corrected chi connectivity index (χ2v) is 8.26. The van der Waals surface area contributed by atoms with E-state index in [4.69, 9.17) is 9.47 Å². The van der Waals surface area contributed by atoms with Gasteiger partial charge in [-0.1, -0.05) is 48.5 Å². The van der Waals surface area contributed by atoms with Gasteiger partial charge < -0.3 is 20.1 Å². The monoisotopic (exact) mass is 461 g/mol. The minimum absolute atomic E-state index is 0.346. The van der Waals surface area contributed by atoms with Gasteiger partial charge in [-0.25, -0.2) is 4.79 Å². The number of carbonyl (C=O) groups is 3. The second kappa shape index (κ2) is 9.43. The first-order valence-corrected chi connectivity index (χ1v) is 11.0. The third-order valence-corrected chi connectivity index (χ3v) is 6.09. The average Bonchev–Trinajstić information content (AvgIpc) is 3.07. The largest absolute Gasteiger partial charge is 0.493 e. The molecule has 1 aliphatic rings. The maximum atomic E-state index is 13.3. The summed E-state index contributed by atoms with van der Waals surface area (Å²) in [5, 5.41) is 7.40. The lowest BCUT2D eigenvalue weighted by Gasteiger charge is -2.24. The van der Waals surface area contributed by atoms with Crippen molar-refractivity contribution in [3.8, 4) is 11.5 Å². The molecule has 0 radical (unpaired) electrons. The van der Waals surface area contributed by atoms with Crippen molar-refractivity contribution in [3.05, 3.63) is 71.8 Å². The zero-order valence-electron chi connectivity index (χ0n) is 19.4. The second-order valence-electron chi connectivity index (χ2n) is 8.26. The summed E-state index contributed by atoms with van der Waals surface area (Å²) in [4.78, 5) is 39.4. The van der Waals surface area contributed by atoms with Crippen LogP contribution in [0.25, 0.3) is 10.8 Å². The first-order valence-electron chi connectivity index (χ1n) is 11.0. The van der Waals surface area contributed by atoms with E-state index in [9.17, 15) is 14.4 Å². The molecule has 1 atom stereocenters. The standard InChI is InChI=1S/C26H27N3O5/c1-26(20-10-6-8-18-7-4-5-9-19(18)20)24(31)29(25(32)28-26)16-23(30)27-14-13-17-11-12-21(33-2)22(15-17)34-3/h4-12,15H,13-14,16H2,1-3H3,(H,27,30)(H,28,32). The zero-order valence-corrected chi connectivity index (χ0v) is 19.4. The van der Waals surface area contributed by atoms with E-state index in [2.05, 4.69) is 10.6 Å². The Morgan fingerprint density at radius 3 is 2.50 bits per heavy atom. The minimum Gasteiger partial charge on any atom is -0.493 e. The number of methoxy groups -OCH3 is 2. The van der Waals surface area contributed by atoms with E-state index in [0.717, 1.165) is 21.2 Å². The lowest BCUT2D eigenvalue weighted by molar-refractivity contribution is -0.134. The maximum Gasteiger partial charge on any atom is 0.325 e. The molecular weight excluding hydrogens is 434 g/mol. The molecule has 1 heterocycles. The minimum atomic E-state index is -1.25. The van der Waals surface area contributed by atoms with E-state index in [0.29, 0.717) is 30.0 Å². The number of rotatable bonds is 8. The number of fused-ring (bicyclic) bond motifs is 1. The summed E-state index contributed by atoms with van der Waals surface area (Å²) in [5.41, 5.74) is 0.398. The molecule has 8 nitrogen and oxygen atoms in total. The predicted molar refractivity (Wildman–Crippen MR) is 128 cm³/mol. The third kappa shape index (κ3) is 4.26. The normalized spacial score (nSPS) is 17.6. The van der Waals surface area contributed by atoms with Crippen molar-refractivity contribution >= 4 is 28.6 Å².